The first-order valence-electron chi connectivity index (χ1n) is 16.9. The van der Waals surface area contributed by atoms with Crippen LogP contribution in [0.15, 0.2) is 144 Å². The molecule has 6 heteroatoms. The molecule has 0 saturated carbocycles. The number of phenols is 5. The van der Waals surface area contributed by atoms with Crippen molar-refractivity contribution in [1.82, 2.24) is 0 Å². The summed E-state index contributed by atoms with van der Waals surface area (Å²) >= 11 is 0. The van der Waals surface area contributed by atoms with Gasteiger partial charge in [0.2, 0.25) is 17.2 Å². The van der Waals surface area contributed by atoms with Crippen molar-refractivity contribution in [3.8, 4) is 62.1 Å². The van der Waals surface area contributed by atoms with E-state index in [0.29, 0.717) is 16.3 Å². The molecule has 0 aliphatic rings. The Hall–Kier alpha value is -7.18. The van der Waals surface area contributed by atoms with Crippen LogP contribution in [0, 0.1) is 0 Å². The third-order valence-electron chi connectivity index (χ3n) is 10.4. The van der Waals surface area contributed by atoms with E-state index < -0.39 is 28.7 Å². The van der Waals surface area contributed by atoms with E-state index in [1.807, 2.05) is 60.7 Å². The normalized spacial score (nSPS) is 11.8. The molecule has 10 rings (SSSR count). The summed E-state index contributed by atoms with van der Waals surface area (Å²) in [5.41, 5.74) is 5.63. The van der Waals surface area contributed by atoms with Gasteiger partial charge >= 0.3 is 0 Å². The number of hydrogen-bond donors (Lipinski definition) is 5. The molecule has 0 radical (unpaired) electrons. The van der Waals surface area contributed by atoms with Crippen LogP contribution in [0.5, 0.6) is 28.7 Å². The first kappa shape index (κ1) is 29.7. The van der Waals surface area contributed by atoms with E-state index in [0.717, 1.165) is 65.7 Å². The van der Waals surface area contributed by atoms with Gasteiger partial charge in [-0.25, -0.2) is 0 Å². The molecule has 6 nitrogen and oxygen atoms in total. The molecule has 1 heterocycles. The number of rotatable bonds is 3. The van der Waals surface area contributed by atoms with Crippen LogP contribution in [0.4, 0.5) is 0 Å². The van der Waals surface area contributed by atoms with E-state index in [-0.39, 0.29) is 5.56 Å². The molecule has 0 fully saturated rings. The topological polar surface area (TPSA) is 114 Å². The van der Waals surface area contributed by atoms with Crippen LogP contribution in [0.2, 0.25) is 0 Å². The molecule has 10 aromatic rings. The molecule has 0 bridgehead atoms. The summed E-state index contributed by atoms with van der Waals surface area (Å²) in [5.74, 6) is -4.34. The summed E-state index contributed by atoms with van der Waals surface area (Å²) in [6, 6.07) is 46.7. The average molecular weight is 677 g/mol. The Bertz CT molecular complexity index is 3050. The SMILES string of the molecule is Oc1c(O)c(O)c(-c2c3ccccc3c(-c3cccc4oc5c(-c6cc7ccccc7c7ccccc67)cccc5c34)c3ccccc23)c(O)c1O. The van der Waals surface area contributed by atoms with Gasteiger partial charge in [0.25, 0.3) is 0 Å². The monoisotopic (exact) mass is 676 g/mol. The first-order valence-corrected chi connectivity index (χ1v) is 16.9. The second kappa shape index (κ2) is 10.9. The summed E-state index contributed by atoms with van der Waals surface area (Å²) < 4.78 is 6.80. The van der Waals surface area contributed by atoms with Gasteiger partial charge in [0, 0.05) is 21.9 Å². The van der Waals surface area contributed by atoms with Crippen molar-refractivity contribution in [2.24, 2.45) is 0 Å². The number of fused-ring (bicyclic) bond motifs is 8. The van der Waals surface area contributed by atoms with Crippen LogP contribution in [0.25, 0.3) is 98.4 Å². The van der Waals surface area contributed by atoms with Crippen LogP contribution in [-0.2, 0) is 0 Å². The summed E-state index contributed by atoms with van der Waals surface area (Å²) in [6.45, 7) is 0. The summed E-state index contributed by atoms with van der Waals surface area (Å²) in [5, 5.41) is 63.0. The Balaban J connectivity index is 1.31. The van der Waals surface area contributed by atoms with Crippen molar-refractivity contribution >= 4 is 65.0 Å². The van der Waals surface area contributed by atoms with Crippen LogP contribution < -0.4 is 0 Å². The molecular formula is C46H28O6. The van der Waals surface area contributed by atoms with E-state index >= 15 is 0 Å². The fraction of sp³-hybridized carbons (Fsp3) is 0. The predicted octanol–water partition coefficient (Wildman–Crippen LogP) is 11.7. The van der Waals surface area contributed by atoms with Crippen molar-refractivity contribution < 1.29 is 29.9 Å². The highest BCUT2D eigenvalue weighted by atomic mass is 16.4. The fourth-order valence-electron chi connectivity index (χ4n) is 8.16. The second-order valence-corrected chi connectivity index (χ2v) is 13.1. The largest absolute Gasteiger partial charge is 0.504 e. The molecular weight excluding hydrogens is 649 g/mol. The minimum atomic E-state index is -1.00. The van der Waals surface area contributed by atoms with E-state index in [9.17, 15) is 25.5 Å². The zero-order chi connectivity index (χ0) is 35.2. The Kier molecular flexibility index (Phi) is 6.23. The van der Waals surface area contributed by atoms with Crippen molar-refractivity contribution in [3.05, 3.63) is 140 Å². The Labute approximate surface area is 295 Å². The van der Waals surface area contributed by atoms with Gasteiger partial charge in [0.15, 0.2) is 11.5 Å². The van der Waals surface area contributed by atoms with Gasteiger partial charge in [0.1, 0.15) is 11.2 Å². The van der Waals surface area contributed by atoms with Crippen LogP contribution in [0.1, 0.15) is 0 Å². The molecule has 5 N–H and O–H groups in total. The molecule has 0 aliphatic carbocycles. The smallest absolute Gasteiger partial charge is 0.208 e. The number of aromatic hydroxyl groups is 5. The van der Waals surface area contributed by atoms with Crippen LogP contribution in [-0.4, -0.2) is 25.5 Å². The Morgan fingerprint density at radius 1 is 0.327 bits per heavy atom. The van der Waals surface area contributed by atoms with Gasteiger partial charge in [-0.3, -0.25) is 0 Å². The highest BCUT2D eigenvalue weighted by molar-refractivity contribution is 6.27. The van der Waals surface area contributed by atoms with E-state index in [1.165, 1.54) is 10.8 Å². The lowest BCUT2D eigenvalue weighted by molar-refractivity contribution is 0.330. The highest BCUT2D eigenvalue weighted by Gasteiger charge is 2.28. The molecule has 0 atom stereocenters. The highest BCUT2D eigenvalue weighted by Crippen LogP contribution is 2.58. The van der Waals surface area contributed by atoms with E-state index in [4.69, 9.17) is 4.42 Å². The van der Waals surface area contributed by atoms with Gasteiger partial charge in [-0.15, -0.1) is 0 Å². The minimum Gasteiger partial charge on any atom is -0.504 e. The first-order chi connectivity index (χ1) is 25.4. The van der Waals surface area contributed by atoms with Gasteiger partial charge in [-0.1, -0.05) is 127 Å². The zero-order valence-electron chi connectivity index (χ0n) is 27.4. The molecule has 0 unspecified atom stereocenters. The minimum absolute atomic E-state index is 0.189. The van der Waals surface area contributed by atoms with Gasteiger partial charge in [-0.05, 0) is 71.9 Å². The average Bonchev–Trinajstić information content (AvgIpc) is 3.58. The maximum absolute atomic E-state index is 11.1. The van der Waals surface area contributed by atoms with Gasteiger partial charge in [-0.2, -0.15) is 0 Å². The van der Waals surface area contributed by atoms with Crippen molar-refractivity contribution in [3.63, 3.8) is 0 Å². The van der Waals surface area contributed by atoms with E-state index in [2.05, 4.69) is 78.9 Å². The summed E-state index contributed by atoms with van der Waals surface area (Å²) in [6.07, 6.45) is 0. The number of phenolic OH excluding ortho intramolecular Hbond substituents is 5. The summed E-state index contributed by atoms with van der Waals surface area (Å²) in [7, 11) is 0. The summed E-state index contributed by atoms with van der Waals surface area (Å²) in [4.78, 5) is 0. The lowest BCUT2D eigenvalue weighted by Crippen LogP contribution is -1.92. The molecule has 0 spiro atoms. The van der Waals surface area contributed by atoms with Crippen molar-refractivity contribution in [2.75, 3.05) is 0 Å². The molecule has 52 heavy (non-hydrogen) atoms. The lowest BCUT2D eigenvalue weighted by atomic mass is 9.84. The fourth-order valence-corrected chi connectivity index (χ4v) is 8.16. The Morgan fingerprint density at radius 3 is 1.46 bits per heavy atom. The predicted molar refractivity (Wildman–Crippen MR) is 208 cm³/mol. The van der Waals surface area contributed by atoms with Crippen molar-refractivity contribution in [1.29, 1.82) is 0 Å². The molecule has 0 saturated heterocycles. The standard InChI is InChI=1S/C46H28O6/c47-41-40(42(48)44(50)45(51)43(41)49)39-30-17-7-5-15-28(30)37(29-16-6-8-18-31(29)39)33-20-10-22-36-38(33)34-21-9-19-32(46(34)52-36)35-23-24-11-1-2-12-25(24)26-13-3-4-14-27(26)35/h1-23,47-51H. The number of hydrogen-bond acceptors (Lipinski definition) is 6. The maximum atomic E-state index is 11.1. The number of benzene rings is 9. The van der Waals surface area contributed by atoms with Gasteiger partial charge in [0.05, 0.1) is 5.56 Å². The zero-order valence-corrected chi connectivity index (χ0v) is 27.4. The Morgan fingerprint density at radius 2 is 0.808 bits per heavy atom. The molecule has 0 amide bonds. The molecule has 248 valence electrons. The second-order valence-electron chi connectivity index (χ2n) is 13.1. The lowest BCUT2D eigenvalue weighted by Gasteiger charge is -2.20. The number of furan rings is 1. The quantitative estimate of drug-likeness (QED) is 0.0551. The van der Waals surface area contributed by atoms with Crippen LogP contribution in [0.3, 0.4) is 0 Å². The molecule has 1 aromatic heterocycles. The number of para-hydroxylation sites is 1. The van der Waals surface area contributed by atoms with Crippen molar-refractivity contribution in [2.45, 2.75) is 0 Å². The van der Waals surface area contributed by atoms with Crippen LogP contribution >= 0.6 is 0 Å². The third-order valence-corrected chi connectivity index (χ3v) is 10.4. The van der Waals surface area contributed by atoms with Gasteiger partial charge < -0.3 is 29.9 Å². The molecule has 0 aliphatic heterocycles. The molecule has 9 aromatic carbocycles. The maximum Gasteiger partial charge on any atom is 0.208 e. The van der Waals surface area contributed by atoms with E-state index in [1.54, 1.807) is 0 Å². The third kappa shape index (κ3) is 4.00.